The van der Waals surface area contributed by atoms with Gasteiger partial charge in [-0.3, -0.25) is 4.79 Å². The van der Waals surface area contributed by atoms with Crippen molar-refractivity contribution in [1.29, 1.82) is 0 Å². The van der Waals surface area contributed by atoms with Gasteiger partial charge in [0.05, 0.1) is 13.2 Å². The molecular formula is C18H21ClO5. The van der Waals surface area contributed by atoms with E-state index >= 15 is 0 Å². The third-order valence-electron chi connectivity index (χ3n) is 3.36. The van der Waals surface area contributed by atoms with Gasteiger partial charge in [0.1, 0.15) is 0 Å². The average Bonchev–Trinajstić information content (AvgIpc) is 2.55. The molecule has 0 aliphatic rings. The molecule has 0 spiro atoms. The zero-order valence-electron chi connectivity index (χ0n) is 14.0. The van der Waals surface area contributed by atoms with Crippen molar-refractivity contribution in [2.75, 3.05) is 13.2 Å². The molecule has 2 aromatic carbocycles. The number of phenolic OH excluding ortho intramolecular Hbond substituents is 1. The van der Waals surface area contributed by atoms with Crippen molar-refractivity contribution in [1.82, 2.24) is 0 Å². The van der Waals surface area contributed by atoms with Crippen LogP contribution < -0.4 is 14.2 Å². The summed E-state index contributed by atoms with van der Waals surface area (Å²) in [5, 5.41) is 12.0. The minimum absolute atomic E-state index is 0.0897. The van der Waals surface area contributed by atoms with Gasteiger partial charge in [0.2, 0.25) is 11.5 Å². The number of hydrogen-bond donors (Lipinski definition) is 1. The van der Waals surface area contributed by atoms with Gasteiger partial charge < -0.3 is 19.3 Å². The van der Waals surface area contributed by atoms with Crippen LogP contribution in [0.2, 0.25) is 5.02 Å². The number of fused-ring (bicyclic) bond motifs is 1. The molecule has 0 aliphatic heterocycles. The Kier molecular flexibility index (Phi) is 6.15. The largest absolute Gasteiger partial charge is 0.504 e. The lowest BCUT2D eigenvalue weighted by molar-refractivity contribution is -0.134. The van der Waals surface area contributed by atoms with Crippen LogP contribution in [0.3, 0.4) is 0 Å². The van der Waals surface area contributed by atoms with E-state index in [1.165, 1.54) is 0 Å². The van der Waals surface area contributed by atoms with E-state index in [0.29, 0.717) is 35.4 Å². The van der Waals surface area contributed by atoms with Crippen molar-refractivity contribution in [3.8, 4) is 23.0 Å². The lowest BCUT2D eigenvalue weighted by atomic mass is 10.1. The van der Waals surface area contributed by atoms with Crippen molar-refractivity contribution < 1.29 is 24.1 Å². The molecule has 0 bridgehead atoms. The Labute approximate surface area is 146 Å². The van der Waals surface area contributed by atoms with Crippen molar-refractivity contribution in [3.63, 3.8) is 0 Å². The highest BCUT2D eigenvalue weighted by atomic mass is 35.5. The molecule has 0 radical (unpaired) electrons. The van der Waals surface area contributed by atoms with Gasteiger partial charge in [0.25, 0.3) is 0 Å². The normalized spacial score (nSPS) is 10.7. The van der Waals surface area contributed by atoms with E-state index in [0.717, 1.165) is 0 Å². The van der Waals surface area contributed by atoms with Gasteiger partial charge in [-0.25, -0.2) is 0 Å². The van der Waals surface area contributed by atoms with Crippen LogP contribution in [0.25, 0.3) is 10.8 Å². The summed E-state index contributed by atoms with van der Waals surface area (Å²) in [4.78, 5) is 12.0. The minimum Gasteiger partial charge on any atom is -0.504 e. The summed E-state index contributed by atoms with van der Waals surface area (Å²) in [5.41, 5.74) is 0. The van der Waals surface area contributed by atoms with Gasteiger partial charge in [-0.05, 0) is 38.5 Å². The number of rotatable bonds is 7. The second-order valence-corrected chi connectivity index (χ2v) is 5.55. The standard InChI is InChI=1S/C18H21ClO5/c1-4-7-14(20)24-16-12-9-8-11(19)10-13(12)15(21)17(22-5-2)18(16)23-6-3/h8-10,21H,4-7H2,1-3H3. The van der Waals surface area contributed by atoms with Crippen LogP contribution >= 0.6 is 11.6 Å². The van der Waals surface area contributed by atoms with Gasteiger partial charge in [0.15, 0.2) is 11.5 Å². The van der Waals surface area contributed by atoms with Crippen LogP contribution in [-0.4, -0.2) is 24.3 Å². The fourth-order valence-electron chi connectivity index (χ4n) is 2.39. The number of aromatic hydroxyl groups is 1. The average molecular weight is 353 g/mol. The maximum Gasteiger partial charge on any atom is 0.311 e. The number of phenols is 1. The van der Waals surface area contributed by atoms with Crippen LogP contribution in [-0.2, 0) is 4.79 Å². The van der Waals surface area contributed by atoms with Gasteiger partial charge >= 0.3 is 5.97 Å². The van der Waals surface area contributed by atoms with E-state index in [-0.39, 0.29) is 35.4 Å². The molecule has 5 nitrogen and oxygen atoms in total. The van der Waals surface area contributed by atoms with Crippen LogP contribution in [0.15, 0.2) is 18.2 Å². The number of hydrogen-bond acceptors (Lipinski definition) is 5. The Morgan fingerprint density at radius 1 is 1.04 bits per heavy atom. The Morgan fingerprint density at radius 2 is 1.71 bits per heavy atom. The lowest BCUT2D eigenvalue weighted by Crippen LogP contribution is -2.10. The van der Waals surface area contributed by atoms with Crippen LogP contribution in [0.1, 0.15) is 33.6 Å². The molecule has 0 aliphatic carbocycles. The summed E-state index contributed by atoms with van der Waals surface area (Å²) >= 11 is 6.04. The molecule has 6 heteroatoms. The quantitative estimate of drug-likeness (QED) is 0.578. The second-order valence-electron chi connectivity index (χ2n) is 5.12. The van der Waals surface area contributed by atoms with Crippen LogP contribution in [0.4, 0.5) is 0 Å². The fourth-order valence-corrected chi connectivity index (χ4v) is 2.56. The van der Waals surface area contributed by atoms with Crippen molar-refractivity contribution >= 4 is 28.3 Å². The first-order valence-electron chi connectivity index (χ1n) is 7.97. The summed E-state index contributed by atoms with van der Waals surface area (Å²) in [6, 6.07) is 4.95. The van der Waals surface area contributed by atoms with Crippen LogP contribution in [0, 0.1) is 0 Å². The Bertz CT molecular complexity index is 742. The van der Waals surface area contributed by atoms with Gasteiger partial charge in [-0.2, -0.15) is 0 Å². The van der Waals surface area contributed by atoms with E-state index in [4.69, 9.17) is 25.8 Å². The third kappa shape index (κ3) is 3.67. The lowest BCUT2D eigenvalue weighted by Gasteiger charge is -2.19. The highest BCUT2D eigenvalue weighted by molar-refractivity contribution is 6.31. The monoisotopic (exact) mass is 352 g/mol. The zero-order chi connectivity index (χ0) is 17.7. The molecule has 1 N–H and O–H groups in total. The van der Waals surface area contributed by atoms with Gasteiger partial charge in [-0.15, -0.1) is 0 Å². The number of ether oxygens (including phenoxy) is 3. The predicted molar refractivity (Wildman–Crippen MR) is 93.5 cm³/mol. The Hall–Kier alpha value is -2.14. The first-order chi connectivity index (χ1) is 11.5. The molecule has 0 saturated heterocycles. The highest BCUT2D eigenvalue weighted by Crippen LogP contribution is 2.51. The number of halogens is 1. The first-order valence-corrected chi connectivity index (χ1v) is 8.35. The first kappa shape index (κ1) is 18.2. The van der Waals surface area contributed by atoms with Crippen molar-refractivity contribution in [3.05, 3.63) is 23.2 Å². The van der Waals surface area contributed by atoms with Crippen molar-refractivity contribution in [2.45, 2.75) is 33.6 Å². The van der Waals surface area contributed by atoms with E-state index in [9.17, 15) is 9.90 Å². The van der Waals surface area contributed by atoms with Gasteiger partial charge in [-0.1, -0.05) is 18.5 Å². The van der Waals surface area contributed by atoms with Crippen LogP contribution in [0.5, 0.6) is 23.0 Å². The summed E-state index contributed by atoms with van der Waals surface area (Å²) in [7, 11) is 0. The summed E-state index contributed by atoms with van der Waals surface area (Å²) in [6.45, 7) is 6.14. The van der Waals surface area contributed by atoms with Gasteiger partial charge in [0, 0.05) is 22.2 Å². The molecule has 0 amide bonds. The zero-order valence-corrected chi connectivity index (χ0v) is 14.8. The molecular weight excluding hydrogens is 332 g/mol. The fraction of sp³-hybridized carbons (Fsp3) is 0.389. The summed E-state index contributed by atoms with van der Waals surface area (Å²) in [5.74, 6) is 0.142. The smallest absolute Gasteiger partial charge is 0.311 e. The molecule has 0 aromatic heterocycles. The maximum absolute atomic E-state index is 12.0. The number of benzene rings is 2. The number of carbonyl (C=O) groups excluding carboxylic acids is 1. The molecule has 2 rings (SSSR count). The third-order valence-corrected chi connectivity index (χ3v) is 3.59. The van der Waals surface area contributed by atoms with E-state index in [2.05, 4.69) is 0 Å². The topological polar surface area (TPSA) is 65.0 Å². The Morgan fingerprint density at radius 3 is 2.33 bits per heavy atom. The minimum atomic E-state index is -0.372. The molecule has 0 fully saturated rings. The number of carbonyl (C=O) groups is 1. The highest BCUT2D eigenvalue weighted by Gasteiger charge is 2.24. The van der Waals surface area contributed by atoms with E-state index in [1.54, 1.807) is 32.0 Å². The second kappa shape index (κ2) is 8.11. The molecule has 0 saturated carbocycles. The molecule has 2 aromatic rings. The summed E-state index contributed by atoms with van der Waals surface area (Å²) < 4.78 is 16.7. The Balaban J connectivity index is 2.75. The molecule has 0 unspecified atom stereocenters. The molecule has 0 heterocycles. The molecule has 130 valence electrons. The molecule has 24 heavy (non-hydrogen) atoms. The summed E-state index contributed by atoms with van der Waals surface area (Å²) in [6.07, 6.45) is 0.953. The maximum atomic E-state index is 12.0. The predicted octanol–water partition coefficient (Wildman–Crippen LogP) is 4.70. The SMILES string of the molecule is CCCC(=O)Oc1c(OCC)c(OCC)c(O)c2cc(Cl)ccc12. The van der Waals surface area contributed by atoms with E-state index < -0.39 is 0 Å². The van der Waals surface area contributed by atoms with E-state index in [1.807, 2.05) is 6.92 Å². The van der Waals surface area contributed by atoms with Crippen molar-refractivity contribution in [2.24, 2.45) is 0 Å². The molecule has 0 atom stereocenters. The number of esters is 1.